The molecule has 0 saturated carbocycles. The van der Waals surface area contributed by atoms with E-state index in [9.17, 15) is 4.79 Å². The molecule has 1 amide bonds. The van der Waals surface area contributed by atoms with E-state index in [1.807, 2.05) is 31.2 Å². The number of anilines is 1. The van der Waals surface area contributed by atoms with Gasteiger partial charge in [-0.3, -0.25) is 4.79 Å². The number of hydrogen-bond acceptors (Lipinski definition) is 4. The highest BCUT2D eigenvalue weighted by molar-refractivity contribution is 5.82. The smallest absolute Gasteiger partial charge is 0.227 e. The summed E-state index contributed by atoms with van der Waals surface area (Å²) in [5.41, 5.74) is 6.25. The Bertz CT molecular complexity index is 492. The van der Waals surface area contributed by atoms with E-state index in [1.54, 1.807) is 7.05 Å². The Kier molecular flexibility index (Phi) is 5.07. The van der Waals surface area contributed by atoms with Crippen LogP contribution in [-0.4, -0.2) is 44.1 Å². The highest BCUT2D eigenvalue weighted by atomic mass is 16.5. The van der Waals surface area contributed by atoms with Gasteiger partial charge in [0.2, 0.25) is 5.91 Å². The summed E-state index contributed by atoms with van der Waals surface area (Å²) < 4.78 is 5.69. The van der Waals surface area contributed by atoms with Gasteiger partial charge in [0.25, 0.3) is 0 Å². The molecule has 1 aliphatic rings. The summed E-state index contributed by atoms with van der Waals surface area (Å²) in [6.07, 6.45) is 1.84. The van der Waals surface area contributed by atoms with Crippen LogP contribution in [0, 0.1) is 5.41 Å². The predicted molar refractivity (Wildman–Crippen MR) is 84.2 cm³/mol. The van der Waals surface area contributed by atoms with Crippen LogP contribution in [0.2, 0.25) is 0 Å². The maximum atomic E-state index is 11.9. The van der Waals surface area contributed by atoms with Gasteiger partial charge in [-0.2, -0.15) is 0 Å². The third-order valence-corrected chi connectivity index (χ3v) is 4.12. The van der Waals surface area contributed by atoms with E-state index in [0.29, 0.717) is 12.3 Å². The van der Waals surface area contributed by atoms with Crippen molar-refractivity contribution in [1.29, 1.82) is 0 Å². The van der Waals surface area contributed by atoms with Gasteiger partial charge in [0.15, 0.2) is 0 Å². The molecule has 1 saturated heterocycles. The molecule has 1 atom stereocenters. The van der Waals surface area contributed by atoms with Crippen molar-refractivity contribution in [3.8, 4) is 5.75 Å². The van der Waals surface area contributed by atoms with E-state index >= 15 is 0 Å². The van der Waals surface area contributed by atoms with Crippen molar-refractivity contribution in [2.45, 2.75) is 19.8 Å². The Balaban J connectivity index is 1.71. The molecule has 0 spiro atoms. The zero-order chi connectivity index (χ0) is 15.3. The molecule has 5 heteroatoms. The molecule has 0 radical (unpaired) electrons. The van der Waals surface area contributed by atoms with E-state index in [2.05, 4.69) is 10.2 Å². The van der Waals surface area contributed by atoms with E-state index in [1.165, 1.54) is 0 Å². The summed E-state index contributed by atoms with van der Waals surface area (Å²) in [6.45, 7) is 5.41. The Morgan fingerprint density at radius 3 is 2.95 bits per heavy atom. The van der Waals surface area contributed by atoms with Crippen LogP contribution in [0.5, 0.6) is 5.75 Å². The number of amides is 1. The highest BCUT2D eigenvalue weighted by Gasteiger charge is 2.39. The number of ether oxygens (including phenoxy) is 1. The lowest BCUT2D eigenvalue weighted by atomic mass is 9.89. The van der Waals surface area contributed by atoms with Crippen LogP contribution < -0.4 is 15.8 Å². The molecule has 1 aliphatic heterocycles. The second kappa shape index (κ2) is 6.80. The number of carbonyl (C=O) groups is 1. The normalized spacial score (nSPS) is 22.2. The van der Waals surface area contributed by atoms with Gasteiger partial charge in [0.1, 0.15) is 5.75 Å². The lowest BCUT2D eigenvalue weighted by Gasteiger charge is -2.22. The number of nitrogens with one attached hydrogen (secondary N) is 1. The van der Waals surface area contributed by atoms with E-state index in [0.717, 1.165) is 38.2 Å². The first kappa shape index (κ1) is 15.6. The Morgan fingerprint density at radius 1 is 1.48 bits per heavy atom. The summed E-state index contributed by atoms with van der Waals surface area (Å²) >= 11 is 0. The second-order valence-electron chi connectivity index (χ2n) is 5.91. The van der Waals surface area contributed by atoms with Gasteiger partial charge in [-0.05, 0) is 38.4 Å². The zero-order valence-corrected chi connectivity index (χ0v) is 12.9. The first-order valence-corrected chi connectivity index (χ1v) is 7.47. The molecule has 1 heterocycles. The van der Waals surface area contributed by atoms with Gasteiger partial charge in [-0.15, -0.1) is 0 Å². The lowest BCUT2D eigenvalue weighted by Crippen LogP contribution is -2.39. The van der Waals surface area contributed by atoms with Crippen LogP contribution in [-0.2, 0) is 4.79 Å². The summed E-state index contributed by atoms with van der Waals surface area (Å²) in [5.74, 6) is 0.882. The molecule has 5 nitrogen and oxygen atoms in total. The van der Waals surface area contributed by atoms with Crippen LogP contribution in [0.15, 0.2) is 24.3 Å². The Hall–Kier alpha value is -1.75. The fourth-order valence-electron chi connectivity index (χ4n) is 2.82. The fraction of sp³-hybridized carbons (Fsp3) is 0.562. The predicted octanol–water partition coefficient (Wildman–Crippen LogP) is 1.50. The van der Waals surface area contributed by atoms with E-state index in [4.69, 9.17) is 10.5 Å². The average Bonchev–Trinajstić information content (AvgIpc) is 2.87. The number of carbonyl (C=O) groups excluding carboxylic acids is 1. The number of likely N-dealkylation sites (tertiary alicyclic amines) is 1. The molecule has 0 aromatic heterocycles. The minimum absolute atomic E-state index is 0.137. The number of hydrogen-bond donors (Lipinski definition) is 2. The van der Waals surface area contributed by atoms with Crippen LogP contribution in [0.25, 0.3) is 0 Å². The highest BCUT2D eigenvalue weighted by Crippen LogP contribution is 2.30. The minimum atomic E-state index is -0.251. The van der Waals surface area contributed by atoms with Crippen molar-refractivity contribution in [2.75, 3.05) is 39.0 Å². The maximum Gasteiger partial charge on any atom is 0.227 e. The first-order valence-electron chi connectivity index (χ1n) is 7.47. The third kappa shape index (κ3) is 3.88. The van der Waals surface area contributed by atoms with Gasteiger partial charge < -0.3 is 20.7 Å². The van der Waals surface area contributed by atoms with Gasteiger partial charge in [-0.25, -0.2) is 0 Å². The number of benzene rings is 1. The quantitative estimate of drug-likeness (QED) is 0.615. The SMILES string of the molecule is CNC(=O)C1(C)CCN(CCCOc2ccccc2N)C1. The number of nitrogens with zero attached hydrogens (tertiary/aromatic N) is 1. The van der Waals surface area contributed by atoms with Gasteiger partial charge in [0.05, 0.1) is 17.7 Å². The zero-order valence-electron chi connectivity index (χ0n) is 12.9. The third-order valence-electron chi connectivity index (χ3n) is 4.12. The first-order chi connectivity index (χ1) is 10.0. The molecule has 116 valence electrons. The standard InChI is InChI=1S/C16H25N3O2/c1-16(15(20)18-2)8-10-19(12-16)9-5-11-21-14-7-4-3-6-13(14)17/h3-4,6-7H,5,8-12,17H2,1-2H3,(H,18,20). The van der Waals surface area contributed by atoms with Crippen LogP contribution in [0.3, 0.4) is 0 Å². The van der Waals surface area contributed by atoms with E-state index in [-0.39, 0.29) is 11.3 Å². The number of rotatable bonds is 6. The molecule has 1 unspecified atom stereocenters. The summed E-state index contributed by atoms with van der Waals surface area (Å²) in [7, 11) is 1.70. The fourth-order valence-corrected chi connectivity index (χ4v) is 2.82. The maximum absolute atomic E-state index is 11.9. The van der Waals surface area contributed by atoms with Crippen LogP contribution in [0.4, 0.5) is 5.69 Å². The minimum Gasteiger partial charge on any atom is -0.491 e. The molecule has 21 heavy (non-hydrogen) atoms. The largest absolute Gasteiger partial charge is 0.491 e. The number of nitrogen functional groups attached to an aromatic ring is 1. The van der Waals surface area contributed by atoms with Crippen LogP contribution >= 0.6 is 0 Å². The summed E-state index contributed by atoms with van der Waals surface area (Å²) in [6, 6.07) is 7.53. The number of para-hydroxylation sites is 2. The lowest BCUT2D eigenvalue weighted by molar-refractivity contribution is -0.129. The van der Waals surface area contributed by atoms with Crippen molar-refractivity contribution in [3.05, 3.63) is 24.3 Å². The second-order valence-corrected chi connectivity index (χ2v) is 5.91. The van der Waals surface area contributed by atoms with Crippen molar-refractivity contribution in [1.82, 2.24) is 10.2 Å². The van der Waals surface area contributed by atoms with Crippen molar-refractivity contribution >= 4 is 11.6 Å². The Labute approximate surface area is 126 Å². The van der Waals surface area contributed by atoms with Gasteiger partial charge in [0, 0.05) is 20.1 Å². The average molecular weight is 291 g/mol. The van der Waals surface area contributed by atoms with Crippen LogP contribution in [0.1, 0.15) is 19.8 Å². The number of nitrogens with two attached hydrogens (primary N) is 1. The molecular weight excluding hydrogens is 266 g/mol. The molecule has 1 fully saturated rings. The van der Waals surface area contributed by atoms with Crippen molar-refractivity contribution < 1.29 is 9.53 Å². The monoisotopic (exact) mass is 291 g/mol. The Morgan fingerprint density at radius 2 is 2.24 bits per heavy atom. The molecule has 1 aromatic rings. The molecular formula is C16H25N3O2. The van der Waals surface area contributed by atoms with Gasteiger partial charge in [-0.1, -0.05) is 12.1 Å². The van der Waals surface area contributed by atoms with E-state index < -0.39 is 0 Å². The van der Waals surface area contributed by atoms with Gasteiger partial charge >= 0.3 is 0 Å². The summed E-state index contributed by atoms with van der Waals surface area (Å²) in [4.78, 5) is 14.2. The molecule has 1 aromatic carbocycles. The van der Waals surface area contributed by atoms with Crippen molar-refractivity contribution in [2.24, 2.45) is 5.41 Å². The topological polar surface area (TPSA) is 67.6 Å². The molecule has 0 aliphatic carbocycles. The molecule has 2 rings (SSSR count). The molecule has 3 N–H and O–H groups in total. The van der Waals surface area contributed by atoms with Crippen molar-refractivity contribution in [3.63, 3.8) is 0 Å². The molecule has 0 bridgehead atoms. The summed E-state index contributed by atoms with van der Waals surface area (Å²) in [5, 5.41) is 2.76.